The molecule has 0 aromatic heterocycles. The van der Waals surface area contributed by atoms with Crippen LogP contribution in [0.2, 0.25) is 0 Å². The molecule has 0 bridgehead atoms. The van der Waals surface area contributed by atoms with E-state index in [2.05, 4.69) is 5.32 Å². The normalized spacial score (nSPS) is 14.0. The van der Waals surface area contributed by atoms with E-state index >= 15 is 0 Å². The van der Waals surface area contributed by atoms with E-state index in [4.69, 9.17) is 4.74 Å². The highest BCUT2D eigenvalue weighted by Crippen LogP contribution is 2.22. The fourth-order valence-corrected chi connectivity index (χ4v) is 2.94. The number of aryl methyl sites for hydroxylation is 1. The van der Waals surface area contributed by atoms with Crippen LogP contribution >= 0.6 is 0 Å². The summed E-state index contributed by atoms with van der Waals surface area (Å²) < 4.78 is 5.54. The molecule has 3 rings (SSSR count). The topological polar surface area (TPSA) is 95.9 Å². The molecular weight excluding hydrogens is 360 g/mol. The van der Waals surface area contributed by atoms with Gasteiger partial charge in [0.1, 0.15) is 18.5 Å². The highest BCUT2D eigenvalue weighted by molar-refractivity contribution is 6.21. The Bertz CT molecular complexity index is 861. The minimum atomic E-state index is -0.872. The van der Waals surface area contributed by atoms with E-state index in [-0.39, 0.29) is 43.8 Å². The largest absolute Gasteiger partial charge is 0.491 e. The van der Waals surface area contributed by atoms with Crippen LogP contribution in [0.4, 0.5) is 0 Å². The van der Waals surface area contributed by atoms with Crippen molar-refractivity contribution in [2.45, 2.75) is 19.4 Å². The molecule has 1 atom stereocenters. The van der Waals surface area contributed by atoms with Crippen LogP contribution in [0.15, 0.2) is 48.5 Å². The maximum Gasteiger partial charge on any atom is 0.261 e. The first kappa shape index (κ1) is 19.6. The molecule has 2 aromatic carbocycles. The maximum absolute atomic E-state index is 12.3. The van der Waals surface area contributed by atoms with Crippen molar-refractivity contribution in [3.63, 3.8) is 0 Å². The molecule has 0 saturated carbocycles. The monoisotopic (exact) mass is 382 g/mol. The molecule has 7 nitrogen and oxygen atoms in total. The minimum Gasteiger partial charge on any atom is -0.491 e. The number of amides is 3. The first-order valence-corrected chi connectivity index (χ1v) is 9.06. The summed E-state index contributed by atoms with van der Waals surface area (Å²) in [5.74, 6) is -0.454. The zero-order chi connectivity index (χ0) is 20.1. The van der Waals surface area contributed by atoms with E-state index in [0.29, 0.717) is 16.9 Å². The fraction of sp³-hybridized carbons (Fsp3) is 0.286. The quantitative estimate of drug-likeness (QED) is 0.675. The molecule has 1 unspecified atom stereocenters. The Labute approximate surface area is 162 Å². The molecule has 7 heteroatoms. The van der Waals surface area contributed by atoms with Gasteiger partial charge < -0.3 is 15.2 Å². The average Bonchev–Trinajstić information content (AvgIpc) is 2.94. The zero-order valence-corrected chi connectivity index (χ0v) is 15.6. The Balaban J connectivity index is 1.41. The van der Waals surface area contributed by atoms with Crippen LogP contribution < -0.4 is 10.1 Å². The van der Waals surface area contributed by atoms with E-state index in [9.17, 15) is 19.5 Å². The Morgan fingerprint density at radius 2 is 1.68 bits per heavy atom. The Kier molecular flexibility index (Phi) is 6.06. The van der Waals surface area contributed by atoms with E-state index in [0.717, 1.165) is 10.5 Å². The number of hydrogen-bond acceptors (Lipinski definition) is 5. The molecule has 1 aliphatic heterocycles. The van der Waals surface area contributed by atoms with Crippen LogP contribution in [0.25, 0.3) is 0 Å². The summed E-state index contributed by atoms with van der Waals surface area (Å²) in [6.07, 6.45) is -0.903. The number of rotatable bonds is 8. The SMILES string of the molecule is Cc1ccccc1OCC(O)CNC(=O)CCN1C(=O)c2ccccc2C1=O. The predicted molar refractivity (Wildman–Crippen MR) is 102 cm³/mol. The third-order valence-corrected chi connectivity index (χ3v) is 4.50. The number of benzene rings is 2. The maximum atomic E-state index is 12.3. The van der Waals surface area contributed by atoms with Crippen LogP contribution in [0.5, 0.6) is 5.75 Å². The highest BCUT2D eigenvalue weighted by Gasteiger charge is 2.34. The number of carbonyl (C=O) groups excluding carboxylic acids is 3. The van der Waals surface area contributed by atoms with Gasteiger partial charge in [0.2, 0.25) is 5.91 Å². The third-order valence-electron chi connectivity index (χ3n) is 4.50. The molecule has 146 valence electrons. The number of nitrogens with zero attached hydrogens (tertiary/aromatic N) is 1. The van der Waals surface area contributed by atoms with Crippen molar-refractivity contribution in [1.29, 1.82) is 0 Å². The predicted octanol–water partition coefficient (Wildman–Crippen LogP) is 1.54. The lowest BCUT2D eigenvalue weighted by Crippen LogP contribution is -2.38. The lowest BCUT2D eigenvalue weighted by atomic mass is 10.1. The lowest BCUT2D eigenvalue weighted by molar-refractivity contribution is -0.121. The first-order valence-electron chi connectivity index (χ1n) is 9.06. The number of aliphatic hydroxyl groups excluding tert-OH is 1. The molecule has 0 fully saturated rings. The molecule has 28 heavy (non-hydrogen) atoms. The van der Waals surface area contributed by atoms with Crippen LogP contribution in [-0.4, -0.2) is 53.5 Å². The van der Waals surface area contributed by atoms with Gasteiger partial charge in [0.05, 0.1) is 11.1 Å². The number of nitrogens with one attached hydrogen (secondary N) is 1. The number of imide groups is 1. The summed E-state index contributed by atoms with van der Waals surface area (Å²) in [5.41, 5.74) is 1.67. The van der Waals surface area contributed by atoms with Gasteiger partial charge in [0.15, 0.2) is 0 Å². The van der Waals surface area contributed by atoms with E-state index in [1.165, 1.54) is 0 Å². The van der Waals surface area contributed by atoms with Crippen molar-refractivity contribution in [3.8, 4) is 5.75 Å². The number of aliphatic hydroxyl groups is 1. The molecule has 2 N–H and O–H groups in total. The Hall–Kier alpha value is -3.19. The van der Waals surface area contributed by atoms with Crippen molar-refractivity contribution in [2.24, 2.45) is 0 Å². The van der Waals surface area contributed by atoms with Crippen LogP contribution in [0, 0.1) is 6.92 Å². The van der Waals surface area contributed by atoms with Gasteiger partial charge in [-0.15, -0.1) is 0 Å². The van der Waals surface area contributed by atoms with Gasteiger partial charge in [-0.25, -0.2) is 0 Å². The molecule has 0 aliphatic carbocycles. The van der Waals surface area contributed by atoms with Crippen molar-refractivity contribution in [3.05, 3.63) is 65.2 Å². The highest BCUT2D eigenvalue weighted by atomic mass is 16.5. The van der Waals surface area contributed by atoms with Gasteiger partial charge in [-0.2, -0.15) is 0 Å². The average molecular weight is 382 g/mol. The van der Waals surface area contributed by atoms with Crippen molar-refractivity contribution < 1.29 is 24.2 Å². The molecule has 0 radical (unpaired) electrons. The second-order valence-corrected chi connectivity index (χ2v) is 6.59. The van der Waals surface area contributed by atoms with Gasteiger partial charge in [-0.3, -0.25) is 19.3 Å². The summed E-state index contributed by atoms with van der Waals surface area (Å²) in [4.78, 5) is 37.6. The van der Waals surface area contributed by atoms with Crippen LogP contribution in [-0.2, 0) is 4.79 Å². The van der Waals surface area contributed by atoms with Crippen LogP contribution in [0.3, 0.4) is 0 Å². The van der Waals surface area contributed by atoms with Crippen molar-refractivity contribution >= 4 is 17.7 Å². The van der Waals surface area contributed by atoms with Gasteiger partial charge >= 0.3 is 0 Å². The standard InChI is InChI=1S/C21H22N2O5/c1-14-6-2-5-9-18(14)28-13-15(24)12-22-19(25)10-11-23-20(26)16-7-3-4-8-17(16)21(23)27/h2-9,15,24H,10-13H2,1H3,(H,22,25). The number of carbonyl (C=O) groups is 3. The summed E-state index contributed by atoms with van der Waals surface area (Å²) in [5, 5.41) is 12.6. The molecule has 0 spiro atoms. The Morgan fingerprint density at radius 1 is 1.07 bits per heavy atom. The number of ether oxygens (including phenoxy) is 1. The second-order valence-electron chi connectivity index (χ2n) is 6.59. The van der Waals surface area contributed by atoms with E-state index in [1.807, 2.05) is 31.2 Å². The lowest BCUT2D eigenvalue weighted by Gasteiger charge is -2.16. The second kappa shape index (κ2) is 8.67. The first-order chi connectivity index (χ1) is 13.5. The third kappa shape index (κ3) is 4.37. The summed E-state index contributed by atoms with van der Waals surface area (Å²) in [6.45, 7) is 1.97. The van der Waals surface area contributed by atoms with Gasteiger partial charge in [-0.05, 0) is 30.7 Å². The molecule has 0 saturated heterocycles. The molecular formula is C21H22N2O5. The number of hydrogen-bond donors (Lipinski definition) is 2. The Morgan fingerprint density at radius 3 is 2.32 bits per heavy atom. The molecule has 2 aromatic rings. The van der Waals surface area contributed by atoms with Crippen molar-refractivity contribution in [1.82, 2.24) is 10.2 Å². The van der Waals surface area contributed by atoms with Crippen molar-refractivity contribution in [2.75, 3.05) is 19.7 Å². The molecule has 1 aliphatic rings. The van der Waals surface area contributed by atoms with E-state index < -0.39 is 6.10 Å². The van der Waals surface area contributed by atoms with Gasteiger partial charge in [-0.1, -0.05) is 30.3 Å². The fourth-order valence-electron chi connectivity index (χ4n) is 2.94. The molecule has 1 heterocycles. The zero-order valence-electron chi connectivity index (χ0n) is 15.6. The number of para-hydroxylation sites is 1. The van der Waals surface area contributed by atoms with Crippen LogP contribution in [0.1, 0.15) is 32.7 Å². The summed E-state index contributed by atoms with van der Waals surface area (Å²) >= 11 is 0. The summed E-state index contributed by atoms with van der Waals surface area (Å²) in [7, 11) is 0. The number of fused-ring (bicyclic) bond motifs is 1. The van der Waals surface area contributed by atoms with E-state index in [1.54, 1.807) is 24.3 Å². The molecule has 3 amide bonds. The summed E-state index contributed by atoms with van der Waals surface area (Å²) in [6, 6.07) is 14.0. The minimum absolute atomic E-state index is 0.00597. The smallest absolute Gasteiger partial charge is 0.261 e. The van der Waals surface area contributed by atoms with Gasteiger partial charge in [0, 0.05) is 19.5 Å². The van der Waals surface area contributed by atoms with Gasteiger partial charge in [0.25, 0.3) is 11.8 Å².